The zero-order chi connectivity index (χ0) is 9.68. The van der Waals surface area contributed by atoms with Crippen LogP contribution in [0.3, 0.4) is 0 Å². The van der Waals surface area contributed by atoms with E-state index in [1.54, 1.807) is 25.3 Å². The van der Waals surface area contributed by atoms with Gasteiger partial charge in [0.15, 0.2) is 0 Å². The van der Waals surface area contributed by atoms with Gasteiger partial charge in [-0.15, -0.1) is 0 Å². The van der Waals surface area contributed by atoms with Gasteiger partial charge in [0, 0.05) is 0 Å². The maximum Gasteiger partial charge on any atom is 0.120 e. The van der Waals surface area contributed by atoms with Gasteiger partial charge in [-0.05, 0) is 23.8 Å². The zero-order valence-corrected chi connectivity index (χ0v) is 7.28. The van der Waals surface area contributed by atoms with Crippen molar-refractivity contribution in [3.8, 4) is 11.8 Å². The van der Waals surface area contributed by atoms with Crippen molar-refractivity contribution in [2.75, 3.05) is 7.11 Å². The molecule has 0 aromatic heterocycles. The summed E-state index contributed by atoms with van der Waals surface area (Å²) in [6, 6.07) is 7.15. The van der Waals surface area contributed by atoms with Gasteiger partial charge in [0.05, 0.1) is 25.3 Å². The maximum atomic E-state index is 8.67. The van der Waals surface area contributed by atoms with Crippen LogP contribution >= 0.6 is 0 Å². The van der Waals surface area contributed by atoms with Crippen molar-refractivity contribution < 1.29 is 9.57 Å². The first-order valence-electron chi connectivity index (χ1n) is 3.70. The zero-order valence-electron chi connectivity index (χ0n) is 7.28. The van der Waals surface area contributed by atoms with E-state index in [0.29, 0.717) is 11.3 Å². The van der Waals surface area contributed by atoms with Crippen LogP contribution < -0.4 is 10.6 Å². The minimum absolute atomic E-state index is 0.270. The molecule has 1 aromatic carbocycles. The van der Waals surface area contributed by atoms with Crippen molar-refractivity contribution in [2.24, 2.45) is 5.90 Å². The van der Waals surface area contributed by atoms with E-state index in [4.69, 9.17) is 15.9 Å². The molecule has 0 saturated carbocycles. The molecule has 1 aromatic rings. The van der Waals surface area contributed by atoms with Crippen LogP contribution in [-0.4, -0.2) is 7.11 Å². The van der Waals surface area contributed by atoms with Crippen molar-refractivity contribution >= 4 is 0 Å². The summed E-state index contributed by atoms with van der Waals surface area (Å²) in [6.07, 6.45) is 0. The second-order valence-electron chi connectivity index (χ2n) is 2.49. The fourth-order valence-corrected chi connectivity index (χ4v) is 1.02. The summed E-state index contributed by atoms with van der Waals surface area (Å²) in [4.78, 5) is 4.46. The number of nitriles is 1. The molecule has 0 unspecified atom stereocenters. The summed E-state index contributed by atoms with van der Waals surface area (Å²) in [7, 11) is 1.55. The largest absolute Gasteiger partial charge is 0.497 e. The molecule has 0 amide bonds. The van der Waals surface area contributed by atoms with Crippen molar-refractivity contribution in [2.45, 2.75) is 6.61 Å². The number of methoxy groups -OCH3 is 1. The van der Waals surface area contributed by atoms with Crippen LogP contribution in [0.1, 0.15) is 11.1 Å². The Morgan fingerprint density at radius 2 is 2.23 bits per heavy atom. The minimum Gasteiger partial charge on any atom is -0.497 e. The van der Waals surface area contributed by atoms with E-state index in [0.717, 1.165) is 5.56 Å². The van der Waals surface area contributed by atoms with Gasteiger partial charge in [0.1, 0.15) is 5.75 Å². The Labute approximate surface area is 76.4 Å². The highest BCUT2D eigenvalue weighted by Crippen LogP contribution is 2.16. The summed E-state index contributed by atoms with van der Waals surface area (Å²) < 4.78 is 5.00. The number of hydrogen-bond donors (Lipinski definition) is 1. The molecule has 0 saturated heterocycles. The highest BCUT2D eigenvalue weighted by atomic mass is 16.6. The highest BCUT2D eigenvalue weighted by Gasteiger charge is 2.00. The van der Waals surface area contributed by atoms with Crippen molar-refractivity contribution in [1.29, 1.82) is 5.26 Å². The van der Waals surface area contributed by atoms with Crippen LogP contribution in [0.25, 0.3) is 0 Å². The molecule has 0 aliphatic carbocycles. The fraction of sp³-hybridized carbons (Fsp3) is 0.222. The highest BCUT2D eigenvalue weighted by molar-refractivity contribution is 5.40. The molecule has 13 heavy (non-hydrogen) atoms. The Kier molecular flexibility index (Phi) is 3.26. The van der Waals surface area contributed by atoms with Gasteiger partial charge >= 0.3 is 0 Å². The standard InChI is InChI=1S/C9H10N2O2/c1-12-9-3-7(5-10)2-8(4-9)6-13-11/h2-4H,6,11H2,1H3. The van der Waals surface area contributed by atoms with E-state index >= 15 is 0 Å². The molecule has 68 valence electrons. The van der Waals surface area contributed by atoms with Gasteiger partial charge in [-0.1, -0.05) is 0 Å². The quantitative estimate of drug-likeness (QED) is 0.700. The summed E-state index contributed by atoms with van der Waals surface area (Å²) in [5, 5.41) is 8.67. The van der Waals surface area contributed by atoms with Crippen molar-refractivity contribution in [1.82, 2.24) is 0 Å². The first kappa shape index (κ1) is 9.52. The predicted octanol–water partition coefficient (Wildman–Crippen LogP) is 0.957. The number of nitrogens with zero attached hydrogens (tertiary/aromatic N) is 1. The summed E-state index contributed by atoms with van der Waals surface area (Å²) in [5.74, 6) is 5.55. The van der Waals surface area contributed by atoms with Crippen LogP contribution in [0.4, 0.5) is 0 Å². The fourth-order valence-electron chi connectivity index (χ4n) is 1.02. The van der Waals surface area contributed by atoms with Crippen LogP contribution in [0, 0.1) is 11.3 Å². The number of rotatable bonds is 3. The van der Waals surface area contributed by atoms with Crippen LogP contribution in [0.15, 0.2) is 18.2 Å². The van der Waals surface area contributed by atoms with Gasteiger partial charge in [-0.25, -0.2) is 5.90 Å². The van der Waals surface area contributed by atoms with E-state index in [-0.39, 0.29) is 6.61 Å². The van der Waals surface area contributed by atoms with Gasteiger partial charge < -0.3 is 4.74 Å². The SMILES string of the molecule is COc1cc(C#N)cc(CON)c1. The topological polar surface area (TPSA) is 68.3 Å². The van der Waals surface area contributed by atoms with Crippen molar-refractivity contribution in [3.63, 3.8) is 0 Å². The van der Waals surface area contributed by atoms with Gasteiger partial charge in [-0.3, -0.25) is 4.84 Å². The molecule has 0 bridgehead atoms. The van der Waals surface area contributed by atoms with Crippen molar-refractivity contribution in [3.05, 3.63) is 29.3 Å². The van der Waals surface area contributed by atoms with Crippen LogP contribution in [-0.2, 0) is 11.4 Å². The molecule has 0 spiro atoms. The van der Waals surface area contributed by atoms with E-state index in [2.05, 4.69) is 4.84 Å². The lowest BCUT2D eigenvalue weighted by Gasteiger charge is -2.03. The first-order chi connectivity index (χ1) is 6.30. The second-order valence-corrected chi connectivity index (χ2v) is 2.49. The Morgan fingerprint density at radius 3 is 2.77 bits per heavy atom. The Bertz CT molecular complexity index is 331. The number of hydrogen-bond acceptors (Lipinski definition) is 4. The second kappa shape index (κ2) is 4.45. The molecule has 1 rings (SSSR count). The molecule has 0 radical (unpaired) electrons. The molecule has 0 aliphatic rings. The number of nitrogens with two attached hydrogens (primary N) is 1. The molecule has 0 aliphatic heterocycles. The Balaban J connectivity index is 3.01. The van der Waals surface area contributed by atoms with E-state index in [1.807, 2.05) is 6.07 Å². The van der Waals surface area contributed by atoms with E-state index in [1.165, 1.54) is 0 Å². The minimum atomic E-state index is 0.270. The van der Waals surface area contributed by atoms with Crippen LogP contribution in [0.5, 0.6) is 5.75 Å². The van der Waals surface area contributed by atoms with Gasteiger partial charge in [-0.2, -0.15) is 5.26 Å². The average molecular weight is 178 g/mol. The lowest BCUT2D eigenvalue weighted by molar-refractivity contribution is 0.124. The monoisotopic (exact) mass is 178 g/mol. The lowest BCUT2D eigenvalue weighted by atomic mass is 10.1. The molecular formula is C9H10N2O2. The molecular weight excluding hydrogens is 168 g/mol. The molecule has 0 heterocycles. The summed E-state index contributed by atoms with van der Waals surface area (Å²) in [6.45, 7) is 0.270. The third kappa shape index (κ3) is 2.44. The van der Waals surface area contributed by atoms with E-state index in [9.17, 15) is 0 Å². The lowest BCUT2D eigenvalue weighted by Crippen LogP contribution is -1.99. The molecule has 4 nitrogen and oxygen atoms in total. The maximum absolute atomic E-state index is 8.67. The first-order valence-corrected chi connectivity index (χ1v) is 3.70. The third-order valence-corrected chi connectivity index (χ3v) is 1.58. The molecule has 0 atom stereocenters. The molecule has 2 N–H and O–H groups in total. The Morgan fingerprint density at radius 1 is 1.46 bits per heavy atom. The number of benzene rings is 1. The molecule has 4 heteroatoms. The normalized spacial score (nSPS) is 9.31. The van der Waals surface area contributed by atoms with Gasteiger partial charge in [0.25, 0.3) is 0 Å². The average Bonchev–Trinajstić information content (AvgIpc) is 2.17. The number of ether oxygens (including phenoxy) is 1. The Hall–Kier alpha value is -1.57. The van der Waals surface area contributed by atoms with Gasteiger partial charge in [0.2, 0.25) is 0 Å². The third-order valence-electron chi connectivity index (χ3n) is 1.58. The summed E-state index contributed by atoms with van der Waals surface area (Å²) >= 11 is 0. The smallest absolute Gasteiger partial charge is 0.120 e. The predicted molar refractivity (Wildman–Crippen MR) is 46.7 cm³/mol. The van der Waals surface area contributed by atoms with E-state index < -0.39 is 0 Å². The summed E-state index contributed by atoms with van der Waals surface area (Å²) in [5.41, 5.74) is 1.35. The molecule has 0 fully saturated rings. The van der Waals surface area contributed by atoms with Crippen LogP contribution in [0.2, 0.25) is 0 Å².